The van der Waals surface area contributed by atoms with Crippen LogP contribution in [0.2, 0.25) is 0 Å². The van der Waals surface area contributed by atoms with E-state index in [1.807, 2.05) is 0 Å². The van der Waals surface area contributed by atoms with E-state index in [1.54, 1.807) is 72.8 Å². The Balaban J connectivity index is 1.29. The summed E-state index contributed by atoms with van der Waals surface area (Å²) >= 11 is 0. The van der Waals surface area contributed by atoms with Crippen molar-refractivity contribution >= 4 is 39.5 Å². The summed E-state index contributed by atoms with van der Waals surface area (Å²) in [5.41, 5.74) is 1.08. The van der Waals surface area contributed by atoms with Crippen molar-refractivity contribution in [2.24, 2.45) is 0 Å². The van der Waals surface area contributed by atoms with E-state index in [0.717, 1.165) is 21.5 Å². The van der Waals surface area contributed by atoms with Crippen molar-refractivity contribution in [2.75, 3.05) is 7.11 Å². The number of esters is 3. The lowest BCUT2D eigenvalue weighted by Crippen LogP contribution is -2.09. The molecule has 7 heteroatoms. The number of methoxy groups -OCH3 is 1. The summed E-state index contributed by atoms with van der Waals surface area (Å²) < 4.78 is 15.6. The van der Waals surface area contributed by atoms with Gasteiger partial charge in [0.25, 0.3) is 0 Å². The van der Waals surface area contributed by atoms with Crippen molar-refractivity contribution in [3.05, 3.63) is 114 Å². The maximum absolute atomic E-state index is 12.7. The quantitative estimate of drug-likeness (QED) is 0.240. The molecule has 0 aliphatic carbocycles. The smallest absolute Gasteiger partial charge is 0.343 e. The fraction of sp³-hybridized carbons (Fsp3) is 0.0333. The molecule has 37 heavy (non-hydrogen) atoms. The number of rotatable bonds is 5. The predicted octanol–water partition coefficient (Wildman–Crippen LogP) is 5.92. The maximum Gasteiger partial charge on any atom is 0.343 e. The van der Waals surface area contributed by atoms with Crippen LogP contribution in [0.3, 0.4) is 0 Å². The highest BCUT2D eigenvalue weighted by Crippen LogP contribution is 2.25. The Bertz CT molecular complexity index is 1670. The summed E-state index contributed by atoms with van der Waals surface area (Å²) in [5, 5.41) is 12.8. The fourth-order valence-corrected chi connectivity index (χ4v) is 3.88. The Kier molecular flexibility index (Phi) is 6.26. The van der Waals surface area contributed by atoms with Gasteiger partial charge < -0.3 is 19.3 Å². The monoisotopic (exact) mass is 492 g/mol. The molecule has 0 fully saturated rings. The minimum atomic E-state index is -0.548. The van der Waals surface area contributed by atoms with Gasteiger partial charge in [0.15, 0.2) is 0 Å². The third-order valence-corrected chi connectivity index (χ3v) is 5.80. The number of benzene rings is 5. The minimum Gasteiger partial charge on any atom is -0.508 e. The normalized spacial score (nSPS) is 10.7. The molecular formula is C30H20O7. The van der Waals surface area contributed by atoms with Crippen molar-refractivity contribution in [1.29, 1.82) is 0 Å². The second-order valence-electron chi connectivity index (χ2n) is 8.26. The van der Waals surface area contributed by atoms with E-state index in [1.165, 1.54) is 31.4 Å². The lowest BCUT2D eigenvalue weighted by molar-refractivity contribution is 0.0600. The van der Waals surface area contributed by atoms with Crippen molar-refractivity contribution < 1.29 is 33.7 Å². The van der Waals surface area contributed by atoms with Gasteiger partial charge in [0.05, 0.1) is 23.8 Å². The van der Waals surface area contributed by atoms with Crippen LogP contribution in [0.5, 0.6) is 17.2 Å². The molecule has 5 aromatic rings. The van der Waals surface area contributed by atoms with Crippen LogP contribution in [0, 0.1) is 0 Å². The molecule has 0 bridgehead atoms. The number of ether oxygens (including phenoxy) is 3. The van der Waals surface area contributed by atoms with E-state index in [0.29, 0.717) is 28.2 Å². The maximum atomic E-state index is 12.7. The highest BCUT2D eigenvalue weighted by atomic mass is 16.5. The Hall–Kier alpha value is -5.17. The molecule has 0 aromatic heterocycles. The fourth-order valence-electron chi connectivity index (χ4n) is 3.88. The second kappa shape index (κ2) is 9.83. The number of carbonyl (C=O) groups is 3. The number of fused-ring (bicyclic) bond motifs is 2. The van der Waals surface area contributed by atoms with Crippen LogP contribution < -0.4 is 9.47 Å². The van der Waals surface area contributed by atoms with E-state index >= 15 is 0 Å². The first-order chi connectivity index (χ1) is 17.9. The Morgan fingerprint density at radius 1 is 0.514 bits per heavy atom. The van der Waals surface area contributed by atoms with Crippen LogP contribution in [0.4, 0.5) is 0 Å². The summed E-state index contributed by atoms with van der Waals surface area (Å²) in [7, 11) is 1.29. The lowest BCUT2D eigenvalue weighted by atomic mass is 10.1. The average molecular weight is 492 g/mol. The molecule has 0 amide bonds. The second-order valence-corrected chi connectivity index (χ2v) is 8.26. The zero-order valence-electron chi connectivity index (χ0n) is 19.6. The average Bonchev–Trinajstić information content (AvgIpc) is 2.92. The van der Waals surface area contributed by atoms with Gasteiger partial charge in [0.1, 0.15) is 17.2 Å². The van der Waals surface area contributed by atoms with E-state index in [-0.39, 0.29) is 5.75 Å². The molecule has 0 saturated heterocycles. The number of phenolic OH excluding ortho intramolecular Hbond substituents is 1. The van der Waals surface area contributed by atoms with Gasteiger partial charge >= 0.3 is 17.9 Å². The summed E-state index contributed by atoms with van der Waals surface area (Å²) in [5.74, 6) is -0.712. The number of phenols is 1. The van der Waals surface area contributed by atoms with Crippen LogP contribution in [-0.2, 0) is 4.74 Å². The van der Waals surface area contributed by atoms with Crippen molar-refractivity contribution in [1.82, 2.24) is 0 Å². The molecule has 0 saturated carbocycles. The number of hydrogen-bond donors (Lipinski definition) is 1. The van der Waals surface area contributed by atoms with Gasteiger partial charge in [0.2, 0.25) is 0 Å². The molecule has 0 aliphatic rings. The van der Waals surface area contributed by atoms with E-state index < -0.39 is 17.9 Å². The van der Waals surface area contributed by atoms with Crippen LogP contribution in [0.1, 0.15) is 31.1 Å². The predicted molar refractivity (Wildman–Crippen MR) is 137 cm³/mol. The molecule has 5 aromatic carbocycles. The van der Waals surface area contributed by atoms with Gasteiger partial charge in [-0.1, -0.05) is 24.3 Å². The largest absolute Gasteiger partial charge is 0.508 e. The molecule has 0 aliphatic heterocycles. The number of carbonyl (C=O) groups excluding carboxylic acids is 3. The van der Waals surface area contributed by atoms with E-state index in [9.17, 15) is 19.5 Å². The molecular weight excluding hydrogens is 472 g/mol. The van der Waals surface area contributed by atoms with Gasteiger partial charge in [0, 0.05) is 0 Å². The zero-order chi connectivity index (χ0) is 25.9. The zero-order valence-corrected chi connectivity index (χ0v) is 19.6. The van der Waals surface area contributed by atoms with Crippen LogP contribution >= 0.6 is 0 Å². The van der Waals surface area contributed by atoms with Crippen molar-refractivity contribution in [2.45, 2.75) is 0 Å². The third-order valence-electron chi connectivity index (χ3n) is 5.80. The first-order valence-corrected chi connectivity index (χ1v) is 11.3. The Labute approximate surface area is 211 Å². The molecule has 0 atom stereocenters. The molecule has 0 unspecified atom stereocenters. The Morgan fingerprint density at radius 2 is 0.973 bits per heavy atom. The van der Waals surface area contributed by atoms with E-state index in [4.69, 9.17) is 9.47 Å². The lowest BCUT2D eigenvalue weighted by Gasteiger charge is -2.09. The highest BCUT2D eigenvalue weighted by Gasteiger charge is 2.13. The van der Waals surface area contributed by atoms with Gasteiger partial charge in [-0.25, -0.2) is 14.4 Å². The van der Waals surface area contributed by atoms with Gasteiger partial charge in [-0.2, -0.15) is 0 Å². The first-order valence-electron chi connectivity index (χ1n) is 11.3. The van der Waals surface area contributed by atoms with Crippen molar-refractivity contribution in [3.8, 4) is 17.2 Å². The SMILES string of the molecule is COC(=O)c1ccc(OC(=O)c2ccc3cc(OC(=O)c4ccc5cc(O)ccc5c4)ccc3c2)cc1. The summed E-state index contributed by atoms with van der Waals surface area (Å²) in [6.45, 7) is 0. The van der Waals surface area contributed by atoms with Gasteiger partial charge in [-0.15, -0.1) is 0 Å². The topological polar surface area (TPSA) is 99.1 Å². The summed E-state index contributed by atoms with van der Waals surface area (Å²) in [4.78, 5) is 36.9. The standard InChI is InChI=1S/C30H20O7/c1-35-28(32)18-7-11-26(12-8-18)36-29(33)23-5-3-22-17-27(13-9-20(22)15-23)37-30(34)24-4-2-21-16-25(31)10-6-19(21)14-24/h2-17,31H,1H3. The third kappa shape index (κ3) is 5.11. The number of aromatic hydroxyl groups is 1. The van der Waals surface area contributed by atoms with Gasteiger partial charge in [-0.05, 0) is 94.3 Å². The molecule has 182 valence electrons. The Morgan fingerprint density at radius 3 is 1.59 bits per heavy atom. The van der Waals surface area contributed by atoms with Gasteiger partial charge in [-0.3, -0.25) is 0 Å². The van der Waals surface area contributed by atoms with E-state index in [2.05, 4.69) is 4.74 Å². The van der Waals surface area contributed by atoms with Crippen LogP contribution in [0.15, 0.2) is 97.1 Å². The molecule has 7 nitrogen and oxygen atoms in total. The molecule has 0 radical (unpaired) electrons. The molecule has 0 spiro atoms. The van der Waals surface area contributed by atoms with Crippen LogP contribution in [0.25, 0.3) is 21.5 Å². The summed E-state index contributed by atoms with van der Waals surface area (Å²) in [6.07, 6.45) is 0. The van der Waals surface area contributed by atoms with Crippen LogP contribution in [-0.4, -0.2) is 30.1 Å². The summed E-state index contributed by atoms with van der Waals surface area (Å²) in [6, 6.07) is 26.3. The first kappa shape index (κ1) is 23.6. The molecule has 1 N–H and O–H groups in total. The minimum absolute atomic E-state index is 0.157. The molecule has 0 heterocycles. The molecule has 5 rings (SSSR count). The highest BCUT2D eigenvalue weighted by molar-refractivity contribution is 5.99. The number of hydrogen-bond acceptors (Lipinski definition) is 7. The van der Waals surface area contributed by atoms with Crippen molar-refractivity contribution in [3.63, 3.8) is 0 Å².